The molecule has 5 nitrogen and oxygen atoms in total. The first kappa shape index (κ1) is 13.8. The van der Waals surface area contributed by atoms with Crippen molar-refractivity contribution in [3.63, 3.8) is 0 Å². The molecule has 1 aliphatic rings. The van der Waals surface area contributed by atoms with Crippen molar-refractivity contribution >= 4 is 5.91 Å². The fourth-order valence-electron chi connectivity index (χ4n) is 3.03. The molecule has 1 N–H and O–H groups in total. The summed E-state index contributed by atoms with van der Waals surface area (Å²) in [5.41, 5.74) is 2.51. The number of H-pyrrole nitrogens is 1. The predicted octanol–water partition coefficient (Wildman–Crippen LogP) is 2.44. The maximum absolute atomic E-state index is 12.7. The Kier molecular flexibility index (Phi) is 3.73. The second-order valence-corrected chi connectivity index (χ2v) is 5.70. The molecule has 0 radical (unpaired) electrons. The van der Waals surface area contributed by atoms with Gasteiger partial charge in [0.05, 0.1) is 0 Å². The molecule has 0 aliphatic carbocycles. The average molecular weight is 284 g/mol. The van der Waals surface area contributed by atoms with Crippen molar-refractivity contribution in [1.82, 2.24) is 19.9 Å². The Labute approximate surface area is 124 Å². The molecule has 3 heterocycles. The third kappa shape index (κ3) is 2.96. The summed E-state index contributed by atoms with van der Waals surface area (Å²) in [7, 11) is 0. The molecule has 1 aliphatic heterocycles. The molecule has 2 aromatic rings. The van der Waals surface area contributed by atoms with Gasteiger partial charge in [0.15, 0.2) is 0 Å². The number of nitrogens with zero attached hydrogens (tertiary/aromatic N) is 3. The minimum absolute atomic E-state index is 0.0971. The van der Waals surface area contributed by atoms with Crippen molar-refractivity contribution in [3.05, 3.63) is 47.3 Å². The molecule has 0 unspecified atom stereocenters. The van der Waals surface area contributed by atoms with Crippen LogP contribution in [-0.4, -0.2) is 38.8 Å². The van der Waals surface area contributed by atoms with Gasteiger partial charge >= 0.3 is 0 Å². The van der Waals surface area contributed by atoms with Crippen LogP contribution in [0.3, 0.4) is 0 Å². The first-order valence-electron chi connectivity index (χ1n) is 7.37. The van der Waals surface area contributed by atoms with Gasteiger partial charge < -0.3 is 9.88 Å². The van der Waals surface area contributed by atoms with Gasteiger partial charge in [-0.2, -0.15) is 0 Å². The minimum Gasteiger partial charge on any atom is -0.348 e. The topological polar surface area (TPSA) is 61.9 Å². The average Bonchev–Trinajstić information content (AvgIpc) is 3.00. The molecule has 110 valence electrons. The number of nitrogens with one attached hydrogen (secondary N) is 1. The summed E-state index contributed by atoms with van der Waals surface area (Å²) in [6.45, 7) is 5.39. The molecule has 1 fully saturated rings. The Bertz CT molecular complexity index is 615. The molecule has 2 aromatic heterocycles. The van der Waals surface area contributed by atoms with Crippen LogP contribution in [0.15, 0.2) is 24.5 Å². The van der Waals surface area contributed by atoms with E-state index in [1.54, 1.807) is 6.20 Å². The van der Waals surface area contributed by atoms with Crippen molar-refractivity contribution in [1.29, 1.82) is 0 Å². The highest BCUT2D eigenvalue weighted by molar-refractivity contribution is 5.94. The third-order valence-electron chi connectivity index (χ3n) is 3.94. The van der Waals surface area contributed by atoms with E-state index in [1.807, 2.05) is 37.1 Å². The van der Waals surface area contributed by atoms with E-state index in [-0.39, 0.29) is 5.91 Å². The van der Waals surface area contributed by atoms with Crippen LogP contribution in [0.25, 0.3) is 0 Å². The van der Waals surface area contributed by atoms with Crippen molar-refractivity contribution in [2.24, 2.45) is 0 Å². The standard InChI is InChI=1S/C16H20N4O/c1-11-8-14(9-12(2)19-11)16(21)20-7-3-4-13(10-20)15-17-5-6-18-15/h5-6,8-9,13H,3-4,7,10H2,1-2H3,(H,17,18)/t13-/m1/s1. The van der Waals surface area contributed by atoms with Crippen LogP contribution in [-0.2, 0) is 0 Å². The Hall–Kier alpha value is -2.17. The monoisotopic (exact) mass is 284 g/mol. The molecule has 5 heteroatoms. The Morgan fingerprint density at radius 1 is 1.33 bits per heavy atom. The minimum atomic E-state index is 0.0971. The zero-order valence-corrected chi connectivity index (χ0v) is 12.5. The molecule has 1 amide bonds. The molecule has 21 heavy (non-hydrogen) atoms. The summed E-state index contributed by atoms with van der Waals surface area (Å²) in [5, 5.41) is 0. The van der Waals surface area contributed by atoms with Gasteiger partial charge in [-0.15, -0.1) is 0 Å². The Balaban J connectivity index is 1.78. The van der Waals surface area contributed by atoms with E-state index in [0.717, 1.165) is 48.7 Å². The number of aromatic amines is 1. The number of hydrogen-bond acceptors (Lipinski definition) is 3. The first-order chi connectivity index (χ1) is 10.1. The fourth-order valence-corrected chi connectivity index (χ4v) is 3.03. The summed E-state index contributed by atoms with van der Waals surface area (Å²) < 4.78 is 0. The number of amides is 1. The molecule has 1 atom stereocenters. The number of carbonyl (C=O) groups excluding carboxylic acids is 1. The molecule has 1 saturated heterocycles. The van der Waals surface area contributed by atoms with Gasteiger partial charge in [-0.1, -0.05) is 0 Å². The van der Waals surface area contributed by atoms with Crippen LogP contribution in [0.4, 0.5) is 0 Å². The van der Waals surface area contributed by atoms with Crippen LogP contribution in [0, 0.1) is 13.8 Å². The van der Waals surface area contributed by atoms with Crippen molar-refractivity contribution in [2.75, 3.05) is 13.1 Å². The van der Waals surface area contributed by atoms with Crippen LogP contribution >= 0.6 is 0 Å². The second kappa shape index (κ2) is 5.68. The number of aryl methyl sites for hydroxylation is 2. The van der Waals surface area contributed by atoms with Crippen LogP contribution in [0.5, 0.6) is 0 Å². The first-order valence-corrected chi connectivity index (χ1v) is 7.37. The van der Waals surface area contributed by atoms with Crippen LogP contribution in [0.1, 0.15) is 46.3 Å². The van der Waals surface area contributed by atoms with E-state index in [0.29, 0.717) is 5.92 Å². The molecular weight excluding hydrogens is 264 g/mol. The van der Waals surface area contributed by atoms with E-state index in [1.165, 1.54) is 0 Å². The Morgan fingerprint density at radius 2 is 2.10 bits per heavy atom. The molecule has 3 rings (SSSR count). The van der Waals surface area contributed by atoms with Crippen molar-refractivity contribution in [3.8, 4) is 0 Å². The van der Waals surface area contributed by atoms with Crippen molar-refractivity contribution < 1.29 is 4.79 Å². The van der Waals surface area contributed by atoms with Crippen LogP contribution in [0.2, 0.25) is 0 Å². The third-order valence-corrected chi connectivity index (χ3v) is 3.94. The normalized spacial score (nSPS) is 18.8. The summed E-state index contributed by atoms with van der Waals surface area (Å²) in [6.07, 6.45) is 5.70. The van der Waals surface area contributed by atoms with Gasteiger partial charge in [-0.25, -0.2) is 4.98 Å². The maximum Gasteiger partial charge on any atom is 0.254 e. The smallest absolute Gasteiger partial charge is 0.254 e. The van der Waals surface area contributed by atoms with Gasteiger partial charge in [-0.05, 0) is 38.8 Å². The number of rotatable bonds is 2. The van der Waals surface area contributed by atoms with Gasteiger partial charge in [0.2, 0.25) is 0 Å². The highest BCUT2D eigenvalue weighted by atomic mass is 16.2. The van der Waals surface area contributed by atoms with Crippen LogP contribution < -0.4 is 0 Å². The zero-order chi connectivity index (χ0) is 14.8. The second-order valence-electron chi connectivity index (χ2n) is 5.70. The lowest BCUT2D eigenvalue weighted by atomic mass is 9.96. The quantitative estimate of drug-likeness (QED) is 0.921. The van der Waals surface area contributed by atoms with E-state index in [9.17, 15) is 4.79 Å². The lowest BCUT2D eigenvalue weighted by Gasteiger charge is -2.32. The number of imidazole rings is 1. The highest BCUT2D eigenvalue weighted by Crippen LogP contribution is 2.25. The highest BCUT2D eigenvalue weighted by Gasteiger charge is 2.26. The molecular formula is C16H20N4O. The number of carbonyl (C=O) groups is 1. The number of piperidine rings is 1. The number of likely N-dealkylation sites (tertiary alicyclic amines) is 1. The number of hydrogen-bond donors (Lipinski definition) is 1. The van der Waals surface area contributed by atoms with E-state index in [4.69, 9.17) is 0 Å². The lowest BCUT2D eigenvalue weighted by molar-refractivity contribution is 0.0704. The maximum atomic E-state index is 12.7. The molecule has 0 spiro atoms. The van der Waals surface area contributed by atoms with Crippen molar-refractivity contribution in [2.45, 2.75) is 32.6 Å². The summed E-state index contributed by atoms with van der Waals surface area (Å²) >= 11 is 0. The molecule has 0 bridgehead atoms. The predicted molar refractivity (Wildman–Crippen MR) is 80.2 cm³/mol. The largest absolute Gasteiger partial charge is 0.348 e. The number of aromatic nitrogens is 3. The Morgan fingerprint density at radius 3 is 2.76 bits per heavy atom. The SMILES string of the molecule is Cc1cc(C(=O)N2CCC[C@@H](c3ncc[nH]3)C2)cc(C)n1. The zero-order valence-electron chi connectivity index (χ0n) is 12.5. The van der Waals surface area contributed by atoms with Gasteiger partial charge in [0, 0.05) is 48.4 Å². The van der Waals surface area contributed by atoms with Gasteiger partial charge in [0.1, 0.15) is 5.82 Å². The summed E-state index contributed by atoms with van der Waals surface area (Å²) in [5.74, 6) is 1.39. The van der Waals surface area contributed by atoms with E-state index < -0.39 is 0 Å². The summed E-state index contributed by atoms with van der Waals surface area (Å²) in [4.78, 5) is 26.5. The number of pyridine rings is 1. The van der Waals surface area contributed by atoms with E-state index in [2.05, 4.69) is 15.0 Å². The summed E-state index contributed by atoms with van der Waals surface area (Å²) in [6, 6.07) is 3.73. The lowest BCUT2D eigenvalue weighted by Crippen LogP contribution is -2.39. The van der Waals surface area contributed by atoms with Gasteiger partial charge in [0.25, 0.3) is 5.91 Å². The van der Waals surface area contributed by atoms with E-state index >= 15 is 0 Å². The fraction of sp³-hybridized carbons (Fsp3) is 0.438. The molecule has 0 saturated carbocycles. The molecule has 0 aromatic carbocycles. The van der Waals surface area contributed by atoms with Gasteiger partial charge in [-0.3, -0.25) is 9.78 Å².